The van der Waals surface area contributed by atoms with Gasteiger partial charge in [0.05, 0.1) is 0 Å². The average molecular weight is 477 g/mol. The van der Waals surface area contributed by atoms with Crippen LogP contribution in [0.15, 0.2) is 48.5 Å². The quantitative estimate of drug-likeness (QED) is 0.551. The van der Waals surface area contributed by atoms with E-state index in [1.165, 1.54) is 22.3 Å². The number of ether oxygens (including phenoxy) is 1. The number of likely N-dealkylation sites (tertiary alicyclic amines) is 1. The van der Waals surface area contributed by atoms with Gasteiger partial charge in [-0.25, -0.2) is 9.59 Å². The van der Waals surface area contributed by atoms with Gasteiger partial charge in [0, 0.05) is 25.4 Å². The summed E-state index contributed by atoms with van der Waals surface area (Å²) in [4.78, 5) is 38.3. The SMILES string of the molecule is O=C(NCCCCC(=O)N1CC2CCCC2C1C(=O)O)OCC1c2ccccc2-c2ccccc21. The third kappa shape index (κ3) is 4.64. The zero-order valence-corrected chi connectivity index (χ0v) is 19.8. The first-order chi connectivity index (χ1) is 17.0. The molecule has 1 heterocycles. The molecule has 2 aliphatic carbocycles. The monoisotopic (exact) mass is 476 g/mol. The molecule has 2 aromatic rings. The Hall–Kier alpha value is -3.35. The van der Waals surface area contributed by atoms with E-state index in [-0.39, 0.29) is 24.3 Å². The standard InChI is InChI=1S/C28H32N2O5/c31-25(30-16-18-8-7-13-19(18)26(30)27(32)33)14-5-6-15-29-28(34)35-17-24-22-11-3-1-9-20(22)21-10-2-4-12-23(21)24/h1-4,9-12,18-19,24,26H,5-8,13-17H2,(H,29,34)(H,32,33). The maximum atomic E-state index is 12.7. The Balaban J connectivity index is 1.04. The van der Waals surface area contributed by atoms with E-state index in [4.69, 9.17) is 4.74 Å². The van der Waals surface area contributed by atoms with Crippen LogP contribution in [0.5, 0.6) is 0 Å². The van der Waals surface area contributed by atoms with Gasteiger partial charge in [-0.05, 0) is 59.8 Å². The van der Waals surface area contributed by atoms with E-state index in [9.17, 15) is 19.5 Å². The van der Waals surface area contributed by atoms with E-state index in [0.29, 0.717) is 38.3 Å². The minimum absolute atomic E-state index is 0.0212. The number of carbonyl (C=O) groups excluding carboxylic acids is 2. The second kappa shape index (κ2) is 10.1. The Morgan fingerprint density at radius 3 is 2.34 bits per heavy atom. The largest absolute Gasteiger partial charge is 0.480 e. The molecule has 1 aliphatic heterocycles. The second-order valence-corrected chi connectivity index (χ2v) is 9.89. The third-order valence-electron chi connectivity index (χ3n) is 7.89. The molecule has 2 amide bonds. The number of carboxylic acids is 1. The number of unbranched alkanes of at least 4 members (excludes halogenated alkanes) is 1. The van der Waals surface area contributed by atoms with Crippen LogP contribution in [0.25, 0.3) is 11.1 Å². The normalized spacial score (nSPS) is 22.4. The Bertz CT molecular complexity index is 1070. The fraction of sp³-hybridized carbons (Fsp3) is 0.464. The molecule has 5 rings (SSSR count). The Labute approximate surface area is 205 Å². The highest BCUT2D eigenvalue weighted by Crippen LogP contribution is 2.44. The van der Waals surface area contributed by atoms with Crippen LogP contribution in [0.2, 0.25) is 0 Å². The molecular formula is C28H32N2O5. The van der Waals surface area contributed by atoms with Gasteiger partial charge < -0.3 is 20.1 Å². The van der Waals surface area contributed by atoms with Crippen molar-refractivity contribution in [3.8, 4) is 11.1 Å². The maximum absolute atomic E-state index is 12.7. The topological polar surface area (TPSA) is 95.9 Å². The lowest BCUT2D eigenvalue weighted by Gasteiger charge is -2.24. The second-order valence-electron chi connectivity index (χ2n) is 9.89. The zero-order valence-electron chi connectivity index (χ0n) is 19.8. The number of nitrogens with one attached hydrogen (secondary N) is 1. The molecule has 1 saturated carbocycles. The van der Waals surface area contributed by atoms with Crippen LogP contribution in [0.1, 0.15) is 55.6 Å². The summed E-state index contributed by atoms with van der Waals surface area (Å²) in [7, 11) is 0. The number of carbonyl (C=O) groups is 3. The highest BCUT2D eigenvalue weighted by molar-refractivity contribution is 5.85. The van der Waals surface area contributed by atoms with Crippen molar-refractivity contribution in [3.05, 3.63) is 59.7 Å². The number of benzene rings is 2. The Morgan fingerprint density at radius 1 is 0.971 bits per heavy atom. The van der Waals surface area contributed by atoms with Crippen LogP contribution in [0, 0.1) is 11.8 Å². The van der Waals surface area contributed by atoms with Gasteiger partial charge >= 0.3 is 12.1 Å². The highest BCUT2D eigenvalue weighted by atomic mass is 16.5. The molecule has 2 aromatic carbocycles. The van der Waals surface area contributed by atoms with Crippen LogP contribution in [0.3, 0.4) is 0 Å². The molecule has 2 N–H and O–H groups in total. The van der Waals surface area contributed by atoms with Gasteiger partial charge in [0.1, 0.15) is 12.6 Å². The fourth-order valence-electron chi connectivity index (χ4n) is 6.26. The summed E-state index contributed by atoms with van der Waals surface area (Å²) in [5, 5.41) is 12.4. The molecule has 7 heteroatoms. The smallest absolute Gasteiger partial charge is 0.407 e. The van der Waals surface area contributed by atoms with Gasteiger partial charge in [0.2, 0.25) is 5.91 Å². The fourth-order valence-corrected chi connectivity index (χ4v) is 6.26. The molecule has 3 aliphatic rings. The lowest BCUT2D eigenvalue weighted by Crippen LogP contribution is -2.43. The summed E-state index contributed by atoms with van der Waals surface area (Å²) in [6.07, 6.45) is 4.04. The van der Waals surface area contributed by atoms with E-state index in [1.807, 2.05) is 24.3 Å². The van der Waals surface area contributed by atoms with Gasteiger partial charge in [-0.3, -0.25) is 4.79 Å². The minimum atomic E-state index is -0.885. The predicted octanol–water partition coefficient (Wildman–Crippen LogP) is 4.41. The van der Waals surface area contributed by atoms with Crippen LogP contribution in [-0.4, -0.2) is 53.7 Å². The lowest BCUT2D eigenvalue weighted by atomic mass is 9.94. The van der Waals surface area contributed by atoms with Crippen molar-refractivity contribution in [1.82, 2.24) is 10.2 Å². The van der Waals surface area contributed by atoms with Gasteiger partial charge in [0.25, 0.3) is 0 Å². The number of fused-ring (bicyclic) bond motifs is 4. The Morgan fingerprint density at radius 2 is 1.66 bits per heavy atom. The van der Waals surface area contributed by atoms with E-state index in [2.05, 4.69) is 29.6 Å². The molecule has 0 aromatic heterocycles. The van der Waals surface area contributed by atoms with Gasteiger partial charge in [0.15, 0.2) is 0 Å². The van der Waals surface area contributed by atoms with Crippen molar-refractivity contribution in [3.63, 3.8) is 0 Å². The number of hydrogen-bond donors (Lipinski definition) is 2. The molecule has 3 atom stereocenters. The van der Waals surface area contributed by atoms with Crippen molar-refractivity contribution < 1.29 is 24.2 Å². The third-order valence-corrected chi connectivity index (χ3v) is 7.89. The first-order valence-electron chi connectivity index (χ1n) is 12.7. The highest BCUT2D eigenvalue weighted by Gasteiger charge is 2.49. The first kappa shape index (κ1) is 23.4. The molecule has 184 valence electrons. The lowest BCUT2D eigenvalue weighted by molar-refractivity contribution is -0.149. The summed E-state index contributed by atoms with van der Waals surface area (Å²) < 4.78 is 5.54. The van der Waals surface area contributed by atoms with Crippen molar-refractivity contribution in [1.29, 1.82) is 0 Å². The number of nitrogens with zero attached hydrogens (tertiary/aromatic N) is 1. The molecule has 2 fully saturated rings. The summed E-state index contributed by atoms with van der Waals surface area (Å²) in [6.45, 7) is 1.25. The van der Waals surface area contributed by atoms with Crippen molar-refractivity contribution in [2.75, 3.05) is 19.7 Å². The molecule has 7 nitrogen and oxygen atoms in total. The number of alkyl carbamates (subject to hydrolysis) is 1. The number of hydrogen-bond acceptors (Lipinski definition) is 4. The number of rotatable bonds is 8. The van der Waals surface area contributed by atoms with Crippen LogP contribution in [-0.2, 0) is 14.3 Å². The van der Waals surface area contributed by atoms with Crippen molar-refractivity contribution in [2.24, 2.45) is 11.8 Å². The molecule has 0 spiro atoms. The Kier molecular flexibility index (Phi) is 6.75. The summed E-state index contributed by atoms with van der Waals surface area (Å²) >= 11 is 0. The molecule has 0 radical (unpaired) electrons. The summed E-state index contributed by atoms with van der Waals surface area (Å²) in [5.74, 6) is -0.521. The summed E-state index contributed by atoms with van der Waals surface area (Å²) in [6, 6.07) is 15.8. The van der Waals surface area contributed by atoms with E-state index >= 15 is 0 Å². The van der Waals surface area contributed by atoms with Gasteiger partial charge in [-0.2, -0.15) is 0 Å². The van der Waals surface area contributed by atoms with E-state index in [1.54, 1.807) is 4.90 Å². The van der Waals surface area contributed by atoms with Crippen LogP contribution < -0.4 is 5.32 Å². The number of carboxylic acid groups (broad SMARTS) is 1. The van der Waals surface area contributed by atoms with Gasteiger partial charge in [-0.1, -0.05) is 55.0 Å². The molecular weight excluding hydrogens is 444 g/mol. The first-order valence-corrected chi connectivity index (χ1v) is 12.7. The average Bonchev–Trinajstić information content (AvgIpc) is 3.54. The predicted molar refractivity (Wildman–Crippen MR) is 131 cm³/mol. The minimum Gasteiger partial charge on any atom is -0.480 e. The number of amides is 2. The van der Waals surface area contributed by atoms with E-state index < -0.39 is 18.1 Å². The molecule has 3 unspecified atom stereocenters. The molecule has 0 bridgehead atoms. The van der Waals surface area contributed by atoms with Gasteiger partial charge in [-0.15, -0.1) is 0 Å². The van der Waals surface area contributed by atoms with Crippen molar-refractivity contribution in [2.45, 2.75) is 50.5 Å². The zero-order chi connectivity index (χ0) is 24.4. The van der Waals surface area contributed by atoms with Crippen LogP contribution >= 0.6 is 0 Å². The molecule has 1 saturated heterocycles. The number of aliphatic carboxylic acids is 1. The molecule has 35 heavy (non-hydrogen) atoms. The summed E-state index contributed by atoms with van der Waals surface area (Å²) in [5.41, 5.74) is 4.72. The maximum Gasteiger partial charge on any atom is 0.407 e. The van der Waals surface area contributed by atoms with Crippen molar-refractivity contribution >= 4 is 18.0 Å². The van der Waals surface area contributed by atoms with E-state index in [0.717, 1.165) is 19.3 Å². The van der Waals surface area contributed by atoms with Crippen LogP contribution in [0.4, 0.5) is 4.79 Å².